The summed E-state index contributed by atoms with van der Waals surface area (Å²) in [6, 6.07) is -0.821. The number of ether oxygens (including phenoxy) is 4. The van der Waals surface area contributed by atoms with Crippen molar-refractivity contribution in [3.63, 3.8) is 0 Å². The highest BCUT2D eigenvalue weighted by molar-refractivity contribution is 5.76. The van der Waals surface area contributed by atoms with Crippen molar-refractivity contribution in [2.24, 2.45) is 0 Å². The fraction of sp³-hybridized carbons (Fsp3) is 0.955. The van der Waals surface area contributed by atoms with E-state index in [4.69, 9.17) is 18.9 Å². The topological polar surface area (TPSA) is 228 Å². The molecule has 0 aliphatic carbocycles. The first-order valence-corrected chi connectivity index (χ1v) is 34.4. The molecule has 2 aliphatic heterocycles. The largest absolute Gasteiger partial charge is 0.394 e. The van der Waals surface area contributed by atoms with Crippen molar-refractivity contribution >= 4 is 5.91 Å². The number of hydrogen-bond acceptors (Lipinski definition) is 13. The summed E-state index contributed by atoms with van der Waals surface area (Å²) in [4.78, 5) is 13.2. The monoisotopic (exact) mass is 1160 g/mol. The second-order valence-electron chi connectivity index (χ2n) is 24.7. The molecule has 0 aromatic rings. The number of aliphatic hydroxyl groups is 8. The van der Waals surface area contributed by atoms with Crippen LogP contribution in [0.1, 0.15) is 316 Å². The van der Waals surface area contributed by atoms with Gasteiger partial charge in [0.05, 0.1) is 32.0 Å². The lowest BCUT2D eigenvalue weighted by atomic mass is 9.97. The SMILES string of the molecule is CCCCCCCCCC/C=C\CCCCCCCCCCCCCCCCCCCCCCCCCCCCCCCC(=O)NC(COC1OC(CO)C(OC2OC(CO)C(O)C(O)C2O)C(O)C1O)C(O)CCCCCCCC. The standard InChI is InChI=1S/C67H129NO13/c1-3-5-7-9-11-12-13-14-15-16-17-18-19-20-21-22-23-24-25-26-27-28-29-30-31-32-33-34-35-36-37-38-39-40-41-42-43-44-45-47-49-51-59(72)68-55(56(71)50-48-46-10-8-6-4-2)54-78-66-64(77)62(75)65(58(53-70)80-66)81-67-63(76)61(74)60(73)57(52-69)79-67/h16-17,55-58,60-67,69-71,73-77H,3-15,18-54H2,1-2H3,(H,68,72)/b17-16-. The van der Waals surface area contributed by atoms with Crippen molar-refractivity contribution in [3.8, 4) is 0 Å². The van der Waals surface area contributed by atoms with Gasteiger partial charge in [0.2, 0.25) is 5.91 Å². The van der Waals surface area contributed by atoms with E-state index in [0.717, 1.165) is 64.2 Å². The Hall–Kier alpha value is -1.27. The summed E-state index contributed by atoms with van der Waals surface area (Å²) < 4.78 is 22.7. The molecule has 14 heteroatoms. The van der Waals surface area contributed by atoms with Gasteiger partial charge in [-0.1, -0.05) is 283 Å². The Bertz CT molecular complexity index is 1410. The molecule has 0 aromatic carbocycles. The van der Waals surface area contributed by atoms with Crippen LogP contribution in [0.4, 0.5) is 0 Å². The molecule has 12 unspecified atom stereocenters. The van der Waals surface area contributed by atoms with Crippen LogP contribution in [0.2, 0.25) is 0 Å². The van der Waals surface area contributed by atoms with E-state index in [-0.39, 0.29) is 12.5 Å². The minimum Gasteiger partial charge on any atom is -0.394 e. The number of rotatable bonds is 57. The molecular weight excluding hydrogens is 1030 g/mol. The highest BCUT2D eigenvalue weighted by atomic mass is 16.7. The van der Waals surface area contributed by atoms with Gasteiger partial charge >= 0.3 is 0 Å². The van der Waals surface area contributed by atoms with E-state index >= 15 is 0 Å². The first-order valence-electron chi connectivity index (χ1n) is 34.4. The van der Waals surface area contributed by atoms with Crippen molar-refractivity contribution in [1.29, 1.82) is 0 Å². The number of allylic oxidation sites excluding steroid dienone is 2. The second-order valence-corrected chi connectivity index (χ2v) is 24.7. The highest BCUT2D eigenvalue weighted by Crippen LogP contribution is 2.30. The maximum absolute atomic E-state index is 13.2. The van der Waals surface area contributed by atoms with Crippen LogP contribution < -0.4 is 5.32 Å². The third-order valence-electron chi connectivity index (χ3n) is 17.2. The number of amides is 1. The summed E-state index contributed by atoms with van der Waals surface area (Å²) in [5.74, 6) is -0.206. The van der Waals surface area contributed by atoms with Crippen LogP contribution in [0.25, 0.3) is 0 Å². The Morgan fingerprint density at radius 1 is 0.432 bits per heavy atom. The molecule has 9 N–H and O–H groups in total. The number of hydrogen-bond donors (Lipinski definition) is 9. The molecule has 2 saturated heterocycles. The van der Waals surface area contributed by atoms with Gasteiger partial charge in [-0.2, -0.15) is 0 Å². The smallest absolute Gasteiger partial charge is 0.220 e. The van der Waals surface area contributed by atoms with E-state index < -0.39 is 86.8 Å². The van der Waals surface area contributed by atoms with Gasteiger partial charge in [-0.3, -0.25) is 4.79 Å². The average molecular weight is 1160 g/mol. The van der Waals surface area contributed by atoms with Crippen molar-refractivity contribution in [3.05, 3.63) is 12.2 Å². The zero-order valence-corrected chi connectivity index (χ0v) is 52.1. The van der Waals surface area contributed by atoms with Crippen LogP contribution in [0.3, 0.4) is 0 Å². The van der Waals surface area contributed by atoms with Crippen LogP contribution in [-0.2, 0) is 23.7 Å². The van der Waals surface area contributed by atoms with Gasteiger partial charge < -0.3 is 65.1 Å². The molecule has 0 radical (unpaired) electrons. The zero-order valence-electron chi connectivity index (χ0n) is 52.1. The molecule has 0 spiro atoms. The van der Waals surface area contributed by atoms with Crippen molar-refractivity contribution in [2.75, 3.05) is 19.8 Å². The number of aliphatic hydroxyl groups excluding tert-OH is 8. The van der Waals surface area contributed by atoms with Gasteiger partial charge in [-0.15, -0.1) is 0 Å². The van der Waals surface area contributed by atoms with E-state index in [0.29, 0.717) is 12.8 Å². The number of unbranched alkanes of at least 4 members (excludes halogenated alkanes) is 42. The summed E-state index contributed by atoms with van der Waals surface area (Å²) in [5.41, 5.74) is 0. The van der Waals surface area contributed by atoms with E-state index in [1.807, 2.05) is 0 Å². The Morgan fingerprint density at radius 3 is 1.17 bits per heavy atom. The lowest BCUT2D eigenvalue weighted by Gasteiger charge is -2.46. The van der Waals surface area contributed by atoms with E-state index in [9.17, 15) is 45.6 Å². The Morgan fingerprint density at radius 2 is 0.778 bits per heavy atom. The van der Waals surface area contributed by atoms with E-state index in [2.05, 4.69) is 31.3 Å². The van der Waals surface area contributed by atoms with E-state index in [1.54, 1.807) is 0 Å². The predicted octanol–water partition coefficient (Wildman–Crippen LogP) is 13.4. The summed E-state index contributed by atoms with van der Waals surface area (Å²) in [7, 11) is 0. The fourth-order valence-electron chi connectivity index (χ4n) is 11.7. The average Bonchev–Trinajstić information content (AvgIpc) is 3.55. The summed E-state index contributed by atoms with van der Waals surface area (Å²) in [6.45, 7) is 2.81. The van der Waals surface area contributed by atoms with Crippen molar-refractivity contribution in [2.45, 2.75) is 389 Å². The number of carbonyl (C=O) groups is 1. The van der Waals surface area contributed by atoms with Crippen molar-refractivity contribution in [1.82, 2.24) is 5.32 Å². The maximum atomic E-state index is 13.2. The van der Waals surface area contributed by atoms with Crippen LogP contribution in [0, 0.1) is 0 Å². The normalized spacial score (nSPS) is 24.1. The minimum absolute atomic E-state index is 0.206. The van der Waals surface area contributed by atoms with Crippen LogP contribution in [0.5, 0.6) is 0 Å². The molecule has 1 amide bonds. The molecular formula is C67H129NO13. The first kappa shape index (κ1) is 75.8. The zero-order chi connectivity index (χ0) is 58.8. The first-order chi connectivity index (χ1) is 39.6. The van der Waals surface area contributed by atoms with Gasteiger partial charge in [0.1, 0.15) is 48.8 Å². The minimum atomic E-state index is -1.78. The molecule has 2 rings (SSSR count). The van der Waals surface area contributed by atoms with Crippen LogP contribution >= 0.6 is 0 Å². The van der Waals surface area contributed by atoms with E-state index in [1.165, 1.54) is 225 Å². The third kappa shape index (κ3) is 37.8. The van der Waals surface area contributed by atoms with Gasteiger partial charge in [0.15, 0.2) is 12.6 Å². The Balaban J connectivity index is 1.44. The summed E-state index contributed by atoms with van der Waals surface area (Å²) >= 11 is 0. The van der Waals surface area contributed by atoms with Gasteiger partial charge in [0, 0.05) is 6.42 Å². The van der Waals surface area contributed by atoms with Gasteiger partial charge in [-0.25, -0.2) is 0 Å². The molecule has 0 aromatic heterocycles. The number of carbonyl (C=O) groups excluding carboxylic acids is 1. The van der Waals surface area contributed by atoms with Crippen LogP contribution in [0.15, 0.2) is 12.2 Å². The Kier molecular flexibility index (Phi) is 49.6. The Labute approximate surface area is 495 Å². The van der Waals surface area contributed by atoms with Crippen molar-refractivity contribution < 1.29 is 64.6 Å². The lowest BCUT2D eigenvalue weighted by Crippen LogP contribution is -2.65. The van der Waals surface area contributed by atoms with Gasteiger partial charge in [0.25, 0.3) is 0 Å². The molecule has 2 aliphatic rings. The highest BCUT2D eigenvalue weighted by Gasteiger charge is 2.51. The molecule has 0 saturated carbocycles. The molecule has 81 heavy (non-hydrogen) atoms. The molecule has 14 nitrogen and oxygen atoms in total. The lowest BCUT2D eigenvalue weighted by molar-refractivity contribution is -0.359. The molecule has 12 atom stereocenters. The number of nitrogens with one attached hydrogen (secondary N) is 1. The third-order valence-corrected chi connectivity index (χ3v) is 17.2. The van der Waals surface area contributed by atoms with Gasteiger partial charge in [-0.05, 0) is 38.5 Å². The molecule has 0 bridgehead atoms. The maximum Gasteiger partial charge on any atom is 0.220 e. The van der Waals surface area contributed by atoms with Crippen LogP contribution in [-0.4, -0.2) is 140 Å². The quantitative estimate of drug-likeness (QED) is 0.0204. The second kappa shape index (κ2) is 53.0. The molecule has 2 heterocycles. The summed E-state index contributed by atoms with van der Waals surface area (Å²) in [6.07, 6.45) is 47.7. The summed E-state index contributed by atoms with van der Waals surface area (Å²) in [5, 5.41) is 86.8. The fourth-order valence-corrected chi connectivity index (χ4v) is 11.7. The molecule has 2 fully saturated rings. The predicted molar refractivity (Wildman–Crippen MR) is 328 cm³/mol. The molecule has 480 valence electrons.